The highest BCUT2D eigenvalue weighted by molar-refractivity contribution is 5.72. The molecule has 4 nitrogen and oxygen atoms in total. The van der Waals surface area contributed by atoms with Gasteiger partial charge < -0.3 is 4.42 Å². The molecule has 4 aromatic rings. The average Bonchev–Trinajstić information content (AvgIpc) is 3.00. The Kier molecular flexibility index (Phi) is 4.60. The minimum absolute atomic E-state index is 0.132. The van der Waals surface area contributed by atoms with Crippen LogP contribution in [0.15, 0.2) is 88.1 Å². The Morgan fingerprint density at radius 2 is 1.56 bits per heavy atom. The standard InChI is InChI=1S/C22H19FN2O2/c1-24(15-25-19-9-5-6-10-20(19)27-22(25)26)21(16-7-3-2-4-8-16)17-11-13-18(23)14-12-17/h2-14,21H,15H2,1H3. The van der Waals surface area contributed by atoms with E-state index in [1.807, 2.05) is 60.5 Å². The van der Waals surface area contributed by atoms with Gasteiger partial charge in [-0.15, -0.1) is 0 Å². The Balaban J connectivity index is 1.74. The van der Waals surface area contributed by atoms with E-state index in [4.69, 9.17) is 4.42 Å². The molecule has 0 amide bonds. The van der Waals surface area contributed by atoms with Gasteiger partial charge in [0.05, 0.1) is 18.2 Å². The maximum Gasteiger partial charge on any atom is 0.421 e. The Labute approximate surface area is 156 Å². The van der Waals surface area contributed by atoms with Gasteiger partial charge in [-0.3, -0.25) is 9.47 Å². The van der Waals surface area contributed by atoms with Crippen molar-refractivity contribution in [1.29, 1.82) is 0 Å². The number of oxazole rings is 1. The normalized spacial score (nSPS) is 12.6. The lowest BCUT2D eigenvalue weighted by Gasteiger charge is -2.29. The van der Waals surface area contributed by atoms with E-state index in [0.717, 1.165) is 16.6 Å². The third-order valence-electron chi connectivity index (χ3n) is 4.68. The molecule has 0 bridgehead atoms. The lowest BCUT2D eigenvalue weighted by atomic mass is 9.97. The minimum atomic E-state index is -0.394. The number of para-hydroxylation sites is 2. The van der Waals surface area contributed by atoms with Gasteiger partial charge in [0.15, 0.2) is 5.58 Å². The zero-order chi connectivity index (χ0) is 18.8. The molecule has 0 radical (unpaired) electrons. The van der Waals surface area contributed by atoms with Crippen LogP contribution in [0.3, 0.4) is 0 Å². The Hall–Kier alpha value is -3.18. The molecule has 0 aliphatic carbocycles. The van der Waals surface area contributed by atoms with Gasteiger partial charge >= 0.3 is 5.76 Å². The summed E-state index contributed by atoms with van der Waals surface area (Å²) in [6, 6.07) is 23.7. The van der Waals surface area contributed by atoms with Crippen LogP contribution in [0, 0.1) is 5.82 Å². The molecule has 1 heterocycles. The van der Waals surface area contributed by atoms with Gasteiger partial charge in [-0.1, -0.05) is 54.6 Å². The first-order valence-corrected chi connectivity index (χ1v) is 8.72. The largest absolute Gasteiger partial charge is 0.421 e. The van der Waals surface area contributed by atoms with Crippen molar-refractivity contribution >= 4 is 11.1 Å². The van der Waals surface area contributed by atoms with Crippen LogP contribution in [0.4, 0.5) is 4.39 Å². The van der Waals surface area contributed by atoms with Gasteiger partial charge in [-0.05, 0) is 42.4 Å². The lowest BCUT2D eigenvalue weighted by molar-refractivity contribution is 0.216. The van der Waals surface area contributed by atoms with Crippen molar-refractivity contribution in [3.05, 3.63) is 106 Å². The summed E-state index contributed by atoms with van der Waals surface area (Å²) in [5.74, 6) is -0.667. The van der Waals surface area contributed by atoms with Crippen molar-refractivity contribution in [3.63, 3.8) is 0 Å². The number of rotatable bonds is 5. The number of hydrogen-bond donors (Lipinski definition) is 0. The van der Waals surface area contributed by atoms with Crippen LogP contribution in [0.2, 0.25) is 0 Å². The topological polar surface area (TPSA) is 38.4 Å². The van der Waals surface area contributed by atoms with Crippen molar-refractivity contribution in [2.45, 2.75) is 12.7 Å². The van der Waals surface area contributed by atoms with E-state index >= 15 is 0 Å². The molecule has 27 heavy (non-hydrogen) atoms. The van der Waals surface area contributed by atoms with E-state index in [1.54, 1.807) is 22.8 Å². The van der Waals surface area contributed by atoms with Crippen LogP contribution in [0.25, 0.3) is 11.1 Å². The molecule has 1 unspecified atom stereocenters. The van der Waals surface area contributed by atoms with Crippen LogP contribution in [-0.4, -0.2) is 16.5 Å². The predicted molar refractivity (Wildman–Crippen MR) is 103 cm³/mol. The first kappa shape index (κ1) is 17.2. The third kappa shape index (κ3) is 3.41. The molecule has 0 N–H and O–H groups in total. The summed E-state index contributed by atoms with van der Waals surface area (Å²) in [5.41, 5.74) is 3.33. The van der Waals surface area contributed by atoms with Crippen LogP contribution >= 0.6 is 0 Å². The molecule has 1 atom stereocenters. The maximum atomic E-state index is 13.4. The number of benzene rings is 3. The zero-order valence-electron chi connectivity index (χ0n) is 14.9. The Bertz CT molecular complexity index is 1100. The quantitative estimate of drug-likeness (QED) is 0.528. The van der Waals surface area contributed by atoms with E-state index in [2.05, 4.69) is 0 Å². The van der Waals surface area contributed by atoms with E-state index in [0.29, 0.717) is 12.3 Å². The average molecular weight is 362 g/mol. The fourth-order valence-electron chi connectivity index (χ4n) is 3.43. The highest BCUT2D eigenvalue weighted by atomic mass is 19.1. The summed E-state index contributed by atoms with van der Waals surface area (Å²) in [6.45, 7) is 0.340. The molecule has 136 valence electrons. The van der Waals surface area contributed by atoms with Gasteiger partial charge in [-0.2, -0.15) is 0 Å². The highest BCUT2D eigenvalue weighted by Gasteiger charge is 2.21. The molecule has 0 saturated heterocycles. The molecule has 0 spiro atoms. The van der Waals surface area contributed by atoms with Crippen LogP contribution in [0.1, 0.15) is 17.2 Å². The molecular formula is C22H19FN2O2. The van der Waals surface area contributed by atoms with E-state index in [9.17, 15) is 9.18 Å². The molecule has 0 aliphatic heterocycles. The SMILES string of the molecule is CN(Cn1c(=O)oc2ccccc21)C(c1ccccc1)c1ccc(F)cc1. The smallest absolute Gasteiger partial charge is 0.408 e. The van der Waals surface area contributed by atoms with Crippen molar-refractivity contribution in [1.82, 2.24) is 9.47 Å². The predicted octanol–water partition coefficient (Wildman–Crippen LogP) is 4.41. The summed E-state index contributed by atoms with van der Waals surface area (Å²) >= 11 is 0. The van der Waals surface area contributed by atoms with Gasteiger partial charge in [0.1, 0.15) is 5.82 Å². The Morgan fingerprint density at radius 3 is 2.30 bits per heavy atom. The number of hydrogen-bond acceptors (Lipinski definition) is 3. The minimum Gasteiger partial charge on any atom is -0.408 e. The molecule has 3 aromatic carbocycles. The number of fused-ring (bicyclic) bond motifs is 1. The van der Waals surface area contributed by atoms with Gasteiger partial charge in [0.2, 0.25) is 0 Å². The molecule has 1 aromatic heterocycles. The van der Waals surface area contributed by atoms with E-state index in [1.165, 1.54) is 12.1 Å². The van der Waals surface area contributed by atoms with E-state index in [-0.39, 0.29) is 11.9 Å². The number of halogens is 1. The summed E-state index contributed by atoms with van der Waals surface area (Å²) in [5, 5.41) is 0. The number of aromatic nitrogens is 1. The van der Waals surface area contributed by atoms with Crippen molar-refractivity contribution < 1.29 is 8.81 Å². The van der Waals surface area contributed by atoms with Crippen molar-refractivity contribution in [3.8, 4) is 0 Å². The Morgan fingerprint density at radius 1 is 0.926 bits per heavy atom. The highest BCUT2D eigenvalue weighted by Crippen LogP contribution is 2.28. The first-order chi connectivity index (χ1) is 13.1. The second-order valence-electron chi connectivity index (χ2n) is 6.53. The van der Waals surface area contributed by atoms with Crippen LogP contribution < -0.4 is 5.76 Å². The monoisotopic (exact) mass is 362 g/mol. The fourth-order valence-corrected chi connectivity index (χ4v) is 3.43. The summed E-state index contributed by atoms with van der Waals surface area (Å²) in [4.78, 5) is 14.4. The maximum absolute atomic E-state index is 13.4. The lowest BCUT2D eigenvalue weighted by Crippen LogP contribution is -2.31. The van der Waals surface area contributed by atoms with Gasteiger partial charge in [0.25, 0.3) is 0 Å². The van der Waals surface area contributed by atoms with Gasteiger partial charge in [0, 0.05) is 0 Å². The molecular weight excluding hydrogens is 343 g/mol. The second kappa shape index (κ2) is 7.21. The van der Waals surface area contributed by atoms with Crippen LogP contribution in [0.5, 0.6) is 0 Å². The summed E-state index contributed by atoms with van der Waals surface area (Å²) in [7, 11) is 1.94. The molecule has 0 aliphatic rings. The fraction of sp³-hybridized carbons (Fsp3) is 0.136. The molecule has 0 fully saturated rings. The second-order valence-corrected chi connectivity index (χ2v) is 6.53. The first-order valence-electron chi connectivity index (χ1n) is 8.72. The van der Waals surface area contributed by atoms with Crippen molar-refractivity contribution in [2.24, 2.45) is 0 Å². The third-order valence-corrected chi connectivity index (χ3v) is 4.68. The molecule has 5 heteroatoms. The zero-order valence-corrected chi connectivity index (χ0v) is 14.9. The molecule has 0 saturated carbocycles. The number of nitrogens with zero attached hydrogens (tertiary/aromatic N) is 2. The molecule has 4 rings (SSSR count). The van der Waals surface area contributed by atoms with E-state index < -0.39 is 5.76 Å². The van der Waals surface area contributed by atoms with Crippen molar-refractivity contribution in [2.75, 3.05) is 7.05 Å². The summed E-state index contributed by atoms with van der Waals surface area (Å²) in [6.07, 6.45) is 0. The van der Waals surface area contributed by atoms with Gasteiger partial charge in [-0.25, -0.2) is 9.18 Å². The summed E-state index contributed by atoms with van der Waals surface area (Å²) < 4.78 is 20.4. The van der Waals surface area contributed by atoms with Crippen LogP contribution in [-0.2, 0) is 6.67 Å².